The van der Waals surface area contributed by atoms with Gasteiger partial charge in [0.2, 0.25) is 0 Å². The predicted molar refractivity (Wildman–Crippen MR) is 126 cm³/mol. The summed E-state index contributed by atoms with van der Waals surface area (Å²) in [7, 11) is 0. The molecule has 4 N–H and O–H groups in total. The van der Waals surface area contributed by atoms with Gasteiger partial charge in [0.25, 0.3) is 0 Å². The smallest absolute Gasteiger partial charge is 0.413 e. The van der Waals surface area contributed by atoms with Gasteiger partial charge in [-0.3, -0.25) is 14.9 Å². The van der Waals surface area contributed by atoms with Crippen LogP contribution in [0.3, 0.4) is 0 Å². The van der Waals surface area contributed by atoms with Crippen molar-refractivity contribution in [2.75, 3.05) is 22.9 Å². The third kappa shape index (κ3) is 6.68. The molecule has 2 aromatic rings. The Labute approximate surface area is 193 Å². The maximum absolute atomic E-state index is 13.0. The van der Waals surface area contributed by atoms with E-state index in [9.17, 15) is 14.4 Å². The zero-order valence-electron chi connectivity index (χ0n) is 19.4. The lowest BCUT2D eigenvalue weighted by atomic mass is 9.89. The summed E-state index contributed by atoms with van der Waals surface area (Å²) in [5.41, 5.74) is 7.11. The van der Waals surface area contributed by atoms with E-state index >= 15 is 0 Å². The van der Waals surface area contributed by atoms with Gasteiger partial charge < -0.3 is 20.7 Å². The summed E-state index contributed by atoms with van der Waals surface area (Å²) in [5.74, 6) is -0.771. The van der Waals surface area contributed by atoms with Crippen LogP contribution >= 0.6 is 0 Å². The number of pyridine rings is 1. The third-order valence-corrected chi connectivity index (χ3v) is 5.24. The van der Waals surface area contributed by atoms with E-state index in [2.05, 4.69) is 22.5 Å². The maximum atomic E-state index is 13.0. The average Bonchev–Trinajstić information content (AvgIpc) is 2.74. The standard InChI is InChI=1S/C24H31N5O4/c1-15-5-11-19(16-6-8-17(25)9-7-16)29(14-15)22(31)21(30)27-18-10-12-20(26-13-18)28-23(32)33-24(2,3)4/h6-10,12-13,15,19H,5,11,14,25H2,1-4H3,(H,27,30)(H,26,28,32)/t15-,19+/m0/s1. The van der Waals surface area contributed by atoms with Gasteiger partial charge in [-0.1, -0.05) is 19.1 Å². The van der Waals surface area contributed by atoms with Gasteiger partial charge in [-0.05, 0) is 69.4 Å². The molecule has 0 saturated carbocycles. The number of nitrogens with two attached hydrogens (primary N) is 1. The molecule has 33 heavy (non-hydrogen) atoms. The maximum Gasteiger partial charge on any atom is 0.413 e. The number of ether oxygens (including phenoxy) is 1. The third-order valence-electron chi connectivity index (χ3n) is 5.24. The number of carbonyl (C=O) groups is 3. The van der Waals surface area contributed by atoms with Crippen LogP contribution < -0.4 is 16.4 Å². The molecule has 0 radical (unpaired) electrons. The van der Waals surface area contributed by atoms with Crippen LogP contribution in [0.25, 0.3) is 0 Å². The minimum Gasteiger partial charge on any atom is -0.444 e. The predicted octanol–water partition coefficient (Wildman–Crippen LogP) is 3.95. The van der Waals surface area contributed by atoms with E-state index in [0.717, 1.165) is 18.4 Å². The normalized spacial score (nSPS) is 18.4. The lowest BCUT2D eigenvalue weighted by molar-refractivity contribution is -0.146. The first-order valence-electron chi connectivity index (χ1n) is 11.0. The van der Waals surface area contributed by atoms with Crippen molar-refractivity contribution in [2.24, 2.45) is 5.92 Å². The number of anilines is 3. The lowest BCUT2D eigenvalue weighted by Crippen LogP contribution is -2.46. The molecule has 1 saturated heterocycles. The van der Waals surface area contributed by atoms with Crippen LogP contribution in [0.15, 0.2) is 42.6 Å². The second-order valence-electron chi connectivity index (χ2n) is 9.34. The Balaban J connectivity index is 1.65. The number of rotatable bonds is 3. The molecule has 1 aromatic heterocycles. The van der Waals surface area contributed by atoms with Crippen molar-refractivity contribution >= 4 is 35.1 Å². The van der Waals surface area contributed by atoms with E-state index in [1.165, 1.54) is 12.3 Å². The average molecular weight is 454 g/mol. The molecule has 9 heteroatoms. The van der Waals surface area contributed by atoms with Crippen LogP contribution in [0.5, 0.6) is 0 Å². The van der Waals surface area contributed by atoms with Crippen molar-refractivity contribution in [3.8, 4) is 0 Å². The van der Waals surface area contributed by atoms with E-state index < -0.39 is 23.5 Å². The molecule has 1 aliphatic rings. The molecule has 1 fully saturated rings. The fourth-order valence-corrected chi connectivity index (χ4v) is 3.71. The molecular weight excluding hydrogens is 422 g/mol. The fraction of sp³-hybridized carbons (Fsp3) is 0.417. The van der Waals surface area contributed by atoms with Crippen molar-refractivity contribution in [3.63, 3.8) is 0 Å². The minimum atomic E-state index is -0.737. The zero-order chi connectivity index (χ0) is 24.2. The summed E-state index contributed by atoms with van der Waals surface area (Å²) in [6.07, 6.45) is 2.48. The Bertz CT molecular complexity index is 999. The number of amides is 3. The highest BCUT2D eigenvalue weighted by atomic mass is 16.6. The molecule has 3 rings (SSSR count). The highest BCUT2D eigenvalue weighted by Gasteiger charge is 2.34. The molecule has 0 unspecified atom stereocenters. The van der Waals surface area contributed by atoms with Gasteiger partial charge in [0.1, 0.15) is 11.4 Å². The van der Waals surface area contributed by atoms with Crippen LogP contribution in [0, 0.1) is 5.92 Å². The first kappa shape index (κ1) is 24.0. The largest absolute Gasteiger partial charge is 0.444 e. The van der Waals surface area contributed by atoms with Crippen LogP contribution in [0.1, 0.15) is 52.1 Å². The number of carbonyl (C=O) groups excluding carboxylic acids is 3. The number of likely N-dealkylation sites (tertiary alicyclic amines) is 1. The number of hydrogen-bond acceptors (Lipinski definition) is 6. The summed E-state index contributed by atoms with van der Waals surface area (Å²) in [4.78, 5) is 43.3. The monoisotopic (exact) mass is 453 g/mol. The Morgan fingerprint density at radius 1 is 1.06 bits per heavy atom. The van der Waals surface area contributed by atoms with Gasteiger partial charge in [-0.2, -0.15) is 0 Å². The van der Waals surface area contributed by atoms with Crippen LogP contribution in [-0.2, 0) is 14.3 Å². The van der Waals surface area contributed by atoms with Crippen molar-refractivity contribution in [1.29, 1.82) is 0 Å². The van der Waals surface area contributed by atoms with Gasteiger partial charge in [-0.15, -0.1) is 0 Å². The summed E-state index contributed by atoms with van der Waals surface area (Å²) in [6.45, 7) is 7.85. The van der Waals surface area contributed by atoms with Crippen LogP contribution in [-0.4, -0.2) is 39.9 Å². The topological polar surface area (TPSA) is 127 Å². The van der Waals surface area contributed by atoms with Crippen molar-refractivity contribution in [1.82, 2.24) is 9.88 Å². The molecule has 3 amide bonds. The van der Waals surface area contributed by atoms with E-state index in [1.807, 2.05) is 12.1 Å². The Hall–Kier alpha value is -3.62. The molecule has 176 valence electrons. The first-order valence-corrected chi connectivity index (χ1v) is 11.0. The second-order valence-corrected chi connectivity index (χ2v) is 9.34. The number of nitrogen functional groups attached to an aromatic ring is 1. The zero-order valence-corrected chi connectivity index (χ0v) is 19.4. The molecule has 1 aromatic carbocycles. The van der Waals surface area contributed by atoms with Crippen molar-refractivity contribution < 1.29 is 19.1 Å². The van der Waals surface area contributed by atoms with E-state index in [-0.39, 0.29) is 11.9 Å². The van der Waals surface area contributed by atoms with Crippen molar-refractivity contribution in [3.05, 3.63) is 48.2 Å². The van der Waals surface area contributed by atoms with Gasteiger partial charge in [0, 0.05) is 12.2 Å². The van der Waals surface area contributed by atoms with Crippen LogP contribution in [0.4, 0.5) is 22.0 Å². The molecule has 2 heterocycles. The minimum absolute atomic E-state index is 0.182. The Kier molecular flexibility index (Phi) is 7.20. The van der Waals surface area contributed by atoms with Crippen molar-refractivity contribution in [2.45, 2.75) is 52.2 Å². The fourth-order valence-electron chi connectivity index (χ4n) is 3.71. The number of aromatic nitrogens is 1. The number of nitrogens with one attached hydrogen (secondary N) is 2. The Morgan fingerprint density at radius 2 is 1.76 bits per heavy atom. The van der Waals surface area contributed by atoms with Gasteiger partial charge >= 0.3 is 17.9 Å². The first-order chi connectivity index (χ1) is 15.5. The second kappa shape index (κ2) is 9.89. The number of hydrogen-bond donors (Lipinski definition) is 3. The molecular formula is C24H31N5O4. The highest BCUT2D eigenvalue weighted by molar-refractivity contribution is 6.39. The van der Waals surface area contributed by atoms with E-state index in [0.29, 0.717) is 23.8 Å². The summed E-state index contributed by atoms with van der Waals surface area (Å²) in [6, 6.07) is 10.3. The molecule has 0 spiro atoms. The SMILES string of the molecule is C[C@H]1CC[C@H](c2ccc(N)cc2)N(C(=O)C(=O)Nc2ccc(NC(=O)OC(C)(C)C)nc2)C1. The lowest BCUT2D eigenvalue weighted by Gasteiger charge is -2.38. The van der Waals surface area contributed by atoms with E-state index in [1.54, 1.807) is 43.9 Å². The number of nitrogens with zero attached hydrogens (tertiary/aromatic N) is 2. The Morgan fingerprint density at radius 3 is 2.36 bits per heavy atom. The molecule has 9 nitrogen and oxygen atoms in total. The van der Waals surface area contributed by atoms with Gasteiger partial charge in [0.05, 0.1) is 17.9 Å². The van der Waals surface area contributed by atoms with Gasteiger partial charge in [0.15, 0.2) is 0 Å². The van der Waals surface area contributed by atoms with Gasteiger partial charge in [-0.25, -0.2) is 9.78 Å². The number of piperidine rings is 1. The number of benzene rings is 1. The summed E-state index contributed by atoms with van der Waals surface area (Å²) >= 11 is 0. The molecule has 2 atom stereocenters. The van der Waals surface area contributed by atoms with E-state index in [4.69, 9.17) is 10.5 Å². The summed E-state index contributed by atoms with van der Waals surface area (Å²) in [5, 5.41) is 5.11. The molecule has 1 aliphatic heterocycles. The highest BCUT2D eigenvalue weighted by Crippen LogP contribution is 2.33. The molecule has 0 bridgehead atoms. The quantitative estimate of drug-likeness (QED) is 0.477. The molecule has 0 aliphatic carbocycles. The van der Waals surface area contributed by atoms with Crippen LogP contribution in [0.2, 0.25) is 0 Å². The summed E-state index contributed by atoms with van der Waals surface area (Å²) < 4.78 is 5.18.